The average molecular weight is 633 g/mol. The largest absolute Gasteiger partial charge is 0.510 e. The third kappa shape index (κ3) is 52.8. The zero-order valence-corrected chi connectivity index (χ0v) is 25.3. The Morgan fingerprint density at radius 3 is 0.791 bits per heavy atom. The molecule has 16 heteroatoms. The summed E-state index contributed by atoms with van der Waals surface area (Å²) in [5.41, 5.74) is 0.176. The molecule has 0 fully saturated rings. The van der Waals surface area contributed by atoms with Gasteiger partial charge in [0.25, 0.3) is 0 Å². The van der Waals surface area contributed by atoms with Gasteiger partial charge in [-0.1, -0.05) is 13.2 Å². The van der Waals surface area contributed by atoms with E-state index in [-0.39, 0.29) is 18.8 Å². The number of aliphatic hydroxyl groups excluding tert-OH is 2. The maximum absolute atomic E-state index is 9.60. The molecule has 256 valence electrons. The van der Waals surface area contributed by atoms with Crippen LogP contribution in [-0.2, 0) is 52.2 Å². The molecule has 0 saturated carbocycles. The standard InChI is InChI=1S/C20H42O11.C4H6O2.C3H4O3/c21-1-3-23-5-7-25-9-11-27-13-15-29-17-19-31-20-18-30-16-14-28-12-10-26-8-6-24-4-2-22;1-3(2)4(5)6;1-2-6-3(4)5/h21-22H,1-20H2;1H2,2H3,(H,5,6);2H,1H2,(H,4,5). The lowest BCUT2D eigenvalue weighted by atomic mass is 10.4. The number of rotatable bonds is 30. The van der Waals surface area contributed by atoms with E-state index in [9.17, 15) is 9.59 Å². The number of carbonyl (C=O) groups is 2. The Kier molecular flexibility index (Phi) is 44.1. The van der Waals surface area contributed by atoms with Crippen LogP contribution in [0.1, 0.15) is 6.92 Å². The Bertz CT molecular complexity index is 566. The molecule has 0 saturated heterocycles. The quantitative estimate of drug-likeness (QED) is 0.0370. The molecule has 0 aliphatic heterocycles. The van der Waals surface area contributed by atoms with E-state index in [1.807, 2.05) is 0 Å². The van der Waals surface area contributed by atoms with Crippen LogP contribution in [0.5, 0.6) is 0 Å². The van der Waals surface area contributed by atoms with Gasteiger partial charge in [0, 0.05) is 5.57 Å². The van der Waals surface area contributed by atoms with Gasteiger partial charge in [-0.25, -0.2) is 9.59 Å². The van der Waals surface area contributed by atoms with Gasteiger partial charge in [-0.2, -0.15) is 0 Å². The Balaban J connectivity index is -0.00000111. The molecule has 0 heterocycles. The molecule has 0 spiro atoms. The van der Waals surface area contributed by atoms with Crippen molar-refractivity contribution in [3.63, 3.8) is 0 Å². The zero-order chi connectivity index (χ0) is 32.7. The molecule has 0 unspecified atom stereocenters. The minimum absolute atomic E-state index is 0.0278. The fourth-order valence-electron chi connectivity index (χ4n) is 2.06. The molecule has 0 bridgehead atoms. The van der Waals surface area contributed by atoms with Gasteiger partial charge in [-0.3, -0.25) is 0 Å². The second-order valence-corrected chi connectivity index (χ2v) is 7.59. The molecule has 0 aromatic carbocycles. The van der Waals surface area contributed by atoms with Crippen LogP contribution in [0.3, 0.4) is 0 Å². The molecule has 0 aromatic heterocycles. The summed E-state index contributed by atoms with van der Waals surface area (Å²) in [6, 6.07) is 0. The number of hydrogen-bond donors (Lipinski definition) is 4. The Labute approximate surface area is 253 Å². The summed E-state index contributed by atoms with van der Waals surface area (Å²) in [5, 5.41) is 32.6. The maximum Gasteiger partial charge on any atom is 0.510 e. The van der Waals surface area contributed by atoms with Crippen LogP contribution in [-0.4, -0.2) is 165 Å². The van der Waals surface area contributed by atoms with Crippen molar-refractivity contribution in [3.8, 4) is 0 Å². The number of carboxylic acid groups (broad SMARTS) is 2. The van der Waals surface area contributed by atoms with Crippen molar-refractivity contribution in [2.75, 3.05) is 132 Å². The van der Waals surface area contributed by atoms with E-state index < -0.39 is 12.1 Å². The lowest BCUT2D eigenvalue weighted by molar-refractivity contribution is -0.132. The van der Waals surface area contributed by atoms with Crippen molar-refractivity contribution in [1.29, 1.82) is 0 Å². The van der Waals surface area contributed by atoms with Crippen LogP contribution < -0.4 is 0 Å². The normalized spacial score (nSPS) is 10.2. The van der Waals surface area contributed by atoms with Crippen molar-refractivity contribution in [1.82, 2.24) is 0 Å². The molecule has 0 atom stereocenters. The number of aliphatic hydroxyl groups is 2. The van der Waals surface area contributed by atoms with Crippen LogP contribution in [0.25, 0.3) is 0 Å². The molecule has 16 nitrogen and oxygen atoms in total. The number of ether oxygens (including phenoxy) is 10. The highest BCUT2D eigenvalue weighted by Crippen LogP contribution is 1.86. The van der Waals surface area contributed by atoms with E-state index in [1.54, 1.807) is 0 Å². The van der Waals surface area contributed by atoms with Gasteiger partial charge in [0.2, 0.25) is 0 Å². The number of carboxylic acids is 1. The van der Waals surface area contributed by atoms with Gasteiger partial charge < -0.3 is 67.8 Å². The molecular weight excluding hydrogens is 580 g/mol. The summed E-state index contributed by atoms with van der Waals surface area (Å²) in [6.07, 6.45) is -0.479. The molecular formula is C27H52O16. The summed E-state index contributed by atoms with van der Waals surface area (Å²) < 4.78 is 51.4. The fraction of sp³-hybridized carbons (Fsp3) is 0.778. The molecule has 0 aliphatic rings. The predicted octanol–water partition coefficient (Wildman–Crippen LogP) is 0.592. The molecule has 0 rings (SSSR count). The van der Waals surface area contributed by atoms with Crippen molar-refractivity contribution < 1.29 is 77.4 Å². The SMILES string of the molecule is C=C(C)C(=O)O.C=COC(=O)O.OCCOCCOCCOCCOCCOCCOCCOCCOCCOCCO. The lowest BCUT2D eigenvalue weighted by Gasteiger charge is -2.08. The second kappa shape index (κ2) is 41.9. The summed E-state index contributed by atoms with van der Waals surface area (Å²) in [7, 11) is 0. The first-order chi connectivity index (χ1) is 20.8. The molecule has 0 aromatic rings. The summed E-state index contributed by atoms with van der Waals surface area (Å²) in [4.78, 5) is 18.9. The van der Waals surface area contributed by atoms with E-state index in [0.717, 1.165) is 6.26 Å². The second-order valence-electron chi connectivity index (χ2n) is 7.59. The Hall–Kier alpha value is -2.22. The van der Waals surface area contributed by atoms with Gasteiger partial charge in [0.05, 0.1) is 138 Å². The summed E-state index contributed by atoms with van der Waals surface area (Å²) in [5.74, 6) is -0.935. The minimum Gasteiger partial charge on any atom is -0.478 e. The number of hydrogen-bond acceptors (Lipinski definition) is 14. The summed E-state index contributed by atoms with van der Waals surface area (Å²) in [6.45, 7) is 16.4. The third-order valence-corrected chi connectivity index (χ3v) is 4.00. The predicted molar refractivity (Wildman–Crippen MR) is 153 cm³/mol. The molecule has 4 N–H and O–H groups in total. The van der Waals surface area contributed by atoms with Crippen molar-refractivity contribution in [2.45, 2.75) is 6.92 Å². The van der Waals surface area contributed by atoms with Gasteiger partial charge in [0.1, 0.15) is 0 Å². The van der Waals surface area contributed by atoms with Crippen molar-refractivity contribution in [3.05, 3.63) is 25.0 Å². The van der Waals surface area contributed by atoms with E-state index in [0.29, 0.717) is 119 Å². The topological polar surface area (TPSA) is 207 Å². The van der Waals surface area contributed by atoms with E-state index in [4.69, 9.17) is 63.1 Å². The van der Waals surface area contributed by atoms with Gasteiger partial charge in [-0.15, -0.1) is 0 Å². The number of aliphatic carboxylic acids is 1. The van der Waals surface area contributed by atoms with Crippen LogP contribution in [0.15, 0.2) is 25.0 Å². The van der Waals surface area contributed by atoms with E-state index in [1.165, 1.54) is 6.92 Å². The first-order valence-electron chi connectivity index (χ1n) is 13.6. The smallest absolute Gasteiger partial charge is 0.478 e. The highest BCUT2D eigenvalue weighted by molar-refractivity contribution is 5.84. The maximum atomic E-state index is 9.60. The molecule has 0 amide bonds. The van der Waals surface area contributed by atoms with Crippen molar-refractivity contribution >= 4 is 12.1 Å². The Morgan fingerprint density at radius 1 is 0.512 bits per heavy atom. The van der Waals surface area contributed by atoms with Crippen molar-refractivity contribution in [2.24, 2.45) is 0 Å². The highest BCUT2D eigenvalue weighted by atomic mass is 16.7. The van der Waals surface area contributed by atoms with Gasteiger partial charge in [-0.05, 0) is 6.92 Å². The Morgan fingerprint density at radius 2 is 0.698 bits per heavy atom. The molecule has 43 heavy (non-hydrogen) atoms. The zero-order valence-electron chi connectivity index (χ0n) is 25.3. The minimum atomic E-state index is -1.33. The first-order valence-corrected chi connectivity index (χ1v) is 13.6. The monoisotopic (exact) mass is 632 g/mol. The third-order valence-electron chi connectivity index (χ3n) is 4.00. The van der Waals surface area contributed by atoms with Crippen LogP contribution in [0.4, 0.5) is 4.79 Å². The average Bonchev–Trinajstić information content (AvgIpc) is 2.97. The molecule has 0 aliphatic carbocycles. The van der Waals surface area contributed by atoms with Crippen LogP contribution >= 0.6 is 0 Å². The fourth-order valence-corrected chi connectivity index (χ4v) is 2.06. The van der Waals surface area contributed by atoms with E-state index in [2.05, 4.69) is 17.9 Å². The van der Waals surface area contributed by atoms with Gasteiger partial charge >= 0.3 is 12.1 Å². The van der Waals surface area contributed by atoms with Crippen LogP contribution in [0, 0.1) is 0 Å². The van der Waals surface area contributed by atoms with E-state index >= 15 is 0 Å². The first kappa shape index (κ1) is 45.2. The van der Waals surface area contributed by atoms with Crippen LogP contribution in [0.2, 0.25) is 0 Å². The van der Waals surface area contributed by atoms with Gasteiger partial charge in [0.15, 0.2) is 0 Å². The molecule has 0 radical (unpaired) electrons. The summed E-state index contributed by atoms with van der Waals surface area (Å²) >= 11 is 0. The highest BCUT2D eigenvalue weighted by Gasteiger charge is 1.95. The lowest BCUT2D eigenvalue weighted by Crippen LogP contribution is -2.15.